The van der Waals surface area contributed by atoms with Gasteiger partial charge >= 0.3 is 0 Å². The summed E-state index contributed by atoms with van der Waals surface area (Å²) < 4.78 is 28.1. The molecule has 0 atom stereocenters. The molecule has 0 amide bonds. The van der Waals surface area contributed by atoms with Gasteiger partial charge < -0.3 is 10.6 Å². The topological polar surface area (TPSA) is 42.1 Å². The summed E-state index contributed by atoms with van der Waals surface area (Å²) in [5.41, 5.74) is 8.79. The summed E-state index contributed by atoms with van der Waals surface area (Å²) in [4.78, 5) is 6.52. The number of pyridine rings is 1. The lowest BCUT2D eigenvalue weighted by Crippen LogP contribution is -2.25. The first-order valence-corrected chi connectivity index (χ1v) is 8.85. The standard InChI is InChI=1S/C20H27F2N3/c1-4-25(5-2)9-8-15-12-16(20(22)18(21)13-15)6-7-17-10-14(3)11-19(23)24-17/h10-13H,4-9H2,1-3H3,(H2,23,24). The van der Waals surface area contributed by atoms with Crippen LogP contribution in [0.15, 0.2) is 24.3 Å². The minimum Gasteiger partial charge on any atom is -0.384 e. The van der Waals surface area contributed by atoms with E-state index in [0.29, 0.717) is 30.6 Å². The predicted molar refractivity (Wildman–Crippen MR) is 98.6 cm³/mol. The number of halogens is 2. The van der Waals surface area contributed by atoms with E-state index in [1.54, 1.807) is 12.1 Å². The first kappa shape index (κ1) is 19.3. The Balaban J connectivity index is 2.11. The number of aromatic nitrogens is 1. The number of nitrogens with two attached hydrogens (primary N) is 1. The molecular weight excluding hydrogens is 320 g/mol. The molecule has 25 heavy (non-hydrogen) atoms. The molecule has 0 spiro atoms. The molecule has 2 N–H and O–H groups in total. The van der Waals surface area contributed by atoms with Crippen LogP contribution in [0.3, 0.4) is 0 Å². The highest BCUT2D eigenvalue weighted by atomic mass is 19.2. The summed E-state index contributed by atoms with van der Waals surface area (Å²) in [5.74, 6) is -1.08. The fourth-order valence-electron chi connectivity index (χ4n) is 3.02. The molecule has 0 radical (unpaired) electrons. The van der Waals surface area contributed by atoms with Crippen LogP contribution in [0.5, 0.6) is 0 Å². The van der Waals surface area contributed by atoms with Gasteiger partial charge in [-0.3, -0.25) is 0 Å². The molecule has 3 nitrogen and oxygen atoms in total. The maximum atomic E-state index is 14.1. The monoisotopic (exact) mass is 347 g/mol. The average molecular weight is 347 g/mol. The van der Waals surface area contributed by atoms with Crippen molar-refractivity contribution in [3.05, 3.63) is 58.3 Å². The smallest absolute Gasteiger partial charge is 0.162 e. The minimum absolute atomic E-state index is 0.399. The van der Waals surface area contributed by atoms with Crippen LogP contribution in [0.25, 0.3) is 0 Å². The summed E-state index contributed by atoms with van der Waals surface area (Å²) in [5, 5.41) is 0. The summed E-state index contributed by atoms with van der Waals surface area (Å²) in [7, 11) is 0. The second-order valence-electron chi connectivity index (χ2n) is 6.39. The van der Waals surface area contributed by atoms with Gasteiger partial charge in [-0.05, 0) is 74.2 Å². The van der Waals surface area contributed by atoms with E-state index in [9.17, 15) is 8.78 Å². The van der Waals surface area contributed by atoms with E-state index in [4.69, 9.17) is 5.73 Å². The van der Waals surface area contributed by atoms with Crippen LogP contribution in [0.2, 0.25) is 0 Å². The van der Waals surface area contributed by atoms with E-state index in [1.165, 1.54) is 6.07 Å². The molecule has 0 saturated carbocycles. The molecule has 0 saturated heterocycles. The zero-order valence-corrected chi connectivity index (χ0v) is 15.3. The van der Waals surface area contributed by atoms with Crippen LogP contribution < -0.4 is 5.73 Å². The Morgan fingerprint density at radius 1 is 1.00 bits per heavy atom. The minimum atomic E-state index is -0.774. The largest absolute Gasteiger partial charge is 0.384 e. The maximum absolute atomic E-state index is 14.1. The lowest BCUT2D eigenvalue weighted by Gasteiger charge is -2.18. The van der Waals surface area contributed by atoms with Crippen LogP contribution >= 0.6 is 0 Å². The highest BCUT2D eigenvalue weighted by Crippen LogP contribution is 2.18. The molecule has 1 aromatic carbocycles. The lowest BCUT2D eigenvalue weighted by atomic mass is 10.0. The number of nitrogens with zero attached hydrogens (tertiary/aromatic N) is 2. The molecule has 136 valence electrons. The highest BCUT2D eigenvalue weighted by Gasteiger charge is 2.12. The van der Waals surface area contributed by atoms with Crippen LogP contribution in [-0.4, -0.2) is 29.5 Å². The van der Waals surface area contributed by atoms with Crippen molar-refractivity contribution in [1.29, 1.82) is 0 Å². The summed E-state index contributed by atoms with van der Waals surface area (Å²) in [6.45, 7) is 8.88. The second kappa shape index (κ2) is 8.90. The number of aryl methyl sites for hydroxylation is 3. The molecule has 0 fully saturated rings. The number of benzene rings is 1. The highest BCUT2D eigenvalue weighted by molar-refractivity contribution is 5.35. The Morgan fingerprint density at radius 2 is 1.72 bits per heavy atom. The van der Waals surface area contributed by atoms with E-state index >= 15 is 0 Å². The van der Waals surface area contributed by atoms with Crippen molar-refractivity contribution in [3.8, 4) is 0 Å². The molecule has 5 heteroatoms. The lowest BCUT2D eigenvalue weighted by molar-refractivity contribution is 0.307. The second-order valence-corrected chi connectivity index (χ2v) is 6.39. The van der Waals surface area contributed by atoms with Crippen LogP contribution in [0, 0.1) is 18.6 Å². The number of rotatable bonds is 8. The van der Waals surface area contributed by atoms with Gasteiger partial charge in [0, 0.05) is 12.2 Å². The predicted octanol–water partition coefficient (Wildman–Crippen LogP) is 3.92. The Labute approximate surface area is 148 Å². The first-order valence-electron chi connectivity index (χ1n) is 8.85. The van der Waals surface area contributed by atoms with Gasteiger partial charge in [-0.15, -0.1) is 0 Å². The molecule has 0 unspecified atom stereocenters. The number of nitrogen functional groups attached to an aromatic ring is 1. The van der Waals surface area contributed by atoms with Gasteiger partial charge in [0.15, 0.2) is 11.6 Å². The number of anilines is 1. The van der Waals surface area contributed by atoms with E-state index < -0.39 is 11.6 Å². The van der Waals surface area contributed by atoms with Crippen LogP contribution in [-0.2, 0) is 19.3 Å². The summed E-state index contributed by atoms with van der Waals surface area (Å²) in [6, 6.07) is 6.80. The van der Waals surface area contributed by atoms with Crippen molar-refractivity contribution < 1.29 is 8.78 Å². The zero-order valence-electron chi connectivity index (χ0n) is 15.3. The summed E-state index contributed by atoms with van der Waals surface area (Å²) >= 11 is 0. The van der Waals surface area contributed by atoms with Gasteiger partial charge in [-0.25, -0.2) is 13.8 Å². The van der Waals surface area contributed by atoms with Crippen molar-refractivity contribution in [2.24, 2.45) is 0 Å². The van der Waals surface area contributed by atoms with E-state index in [-0.39, 0.29) is 0 Å². The van der Waals surface area contributed by atoms with Crippen molar-refractivity contribution in [2.45, 2.75) is 40.0 Å². The van der Waals surface area contributed by atoms with E-state index in [1.807, 2.05) is 13.0 Å². The number of hydrogen-bond donors (Lipinski definition) is 1. The third kappa shape index (κ3) is 5.49. The average Bonchev–Trinajstić information content (AvgIpc) is 2.56. The Bertz CT molecular complexity index is 692. The van der Waals surface area contributed by atoms with Crippen molar-refractivity contribution in [2.75, 3.05) is 25.4 Å². The maximum Gasteiger partial charge on any atom is 0.162 e. The Hall–Kier alpha value is -2.01. The van der Waals surface area contributed by atoms with Crippen molar-refractivity contribution in [3.63, 3.8) is 0 Å². The molecular formula is C20H27F2N3. The molecule has 2 aromatic rings. The molecule has 0 aliphatic rings. The Morgan fingerprint density at radius 3 is 2.36 bits per heavy atom. The quantitative estimate of drug-likeness (QED) is 0.787. The van der Waals surface area contributed by atoms with Gasteiger partial charge in [-0.1, -0.05) is 19.9 Å². The first-order chi connectivity index (χ1) is 11.9. The van der Waals surface area contributed by atoms with Gasteiger partial charge in [-0.2, -0.15) is 0 Å². The van der Waals surface area contributed by atoms with E-state index in [0.717, 1.165) is 36.5 Å². The molecule has 1 aromatic heterocycles. The van der Waals surface area contributed by atoms with Crippen molar-refractivity contribution >= 4 is 5.82 Å². The molecule has 2 rings (SSSR count). The normalized spacial score (nSPS) is 11.3. The fourth-order valence-corrected chi connectivity index (χ4v) is 3.02. The molecule has 1 heterocycles. The van der Waals surface area contributed by atoms with Crippen molar-refractivity contribution in [1.82, 2.24) is 9.88 Å². The van der Waals surface area contributed by atoms with Gasteiger partial charge in [0.05, 0.1) is 0 Å². The Kier molecular flexibility index (Phi) is 6.88. The third-order valence-corrected chi connectivity index (χ3v) is 4.47. The summed E-state index contributed by atoms with van der Waals surface area (Å²) in [6.07, 6.45) is 1.64. The van der Waals surface area contributed by atoms with Gasteiger partial charge in [0.1, 0.15) is 5.82 Å². The SMILES string of the molecule is CCN(CC)CCc1cc(F)c(F)c(CCc2cc(C)cc(N)n2)c1. The third-order valence-electron chi connectivity index (χ3n) is 4.47. The number of hydrogen-bond acceptors (Lipinski definition) is 3. The van der Waals surface area contributed by atoms with Gasteiger partial charge in [0.25, 0.3) is 0 Å². The number of likely N-dealkylation sites (N-methyl/N-ethyl adjacent to an activating group) is 1. The zero-order chi connectivity index (χ0) is 18.4. The van der Waals surface area contributed by atoms with E-state index in [2.05, 4.69) is 23.7 Å². The van der Waals surface area contributed by atoms with Gasteiger partial charge in [0.2, 0.25) is 0 Å². The van der Waals surface area contributed by atoms with Crippen LogP contribution in [0.4, 0.5) is 14.6 Å². The molecule has 0 aliphatic heterocycles. The molecule has 0 aliphatic carbocycles. The fraction of sp³-hybridized carbons (Fsp3) is 0.450. The van der Waals surface area contributed by atoms with Crippen LogP contribution in [0.1, 0.15) is 36.2 Å². The molecule has 0 bridgehead atoms.